The second-order valence-electron chi connectivity index (χ2n) is 11.0. The fourth-order valence-corrected chi connectivity index (χ4v) is 6.09. The van der Waals surface area contributed by atoms with Crippen LogP contribution in [0.2, 0.25) is 0 Å². The predicted molar refractivity (Wildman–Crippen MR) is 177 cm³/mol. The number of phenolic OH excluding ortho intramolecular Hbond substituents is 1. The van der Waals surface area contributed by atoms with Gasteiger partial charge in [0, 0.05) is 13.0 Å². The van der Waals surface area contributed by atoms with Gasteiger partial charge in [-0.3, -0.25) is 9.01 Å². The van der Waals surface area contributed by atoms with Crippen LogP contribution in [0.1, 0.15) is 63.5 Å². The molecule has 49 heavy (non-hydrogen) atoms. The molecule has 1 aliphatic heterocycles. The zero-order valence-corrected chi connectivity index (χ0v) is 27.4. The number of methoxy groups -OCH3 is 1. The third kappa shape index (κ3) is 10.2. The summed E-state index contributed by atoms with van der Waals surface area (Å²) in [7, 11) is 1.20. The molecule has 258 valence electrons. The molecule has 1 fully saturated rings. The summed E-state index contributed by atoms with van der Waals surface area (Å²) >= 11 is 0.365. The number of unbranched alkanes of at least 4 members (excludes halogenated alkanes) is 2. The van der Waals surface area contributed by atoms with Gasteiger partial charge in [-0.15, -0.1) is 0 Å². The second-order valence-corrected chi connectivity index (χ2v) is 12.3. The number of hydrogen-bond acceptors (Lipinski definition) is 12. The Morgan fingerprint density at radius 1 is 1.06 bits per heavy atom. The number of amides is 3. The van der Waals surface area contributed by atoms with Crippen molar-refractivity contribution in [1.82, 2.24) is 10.6 Å². The van der Waals surface area contributed by atoms with Crippen LogP contribution in [0.15, 0.2) is 66.7 Å². The Labute approximate surface area is 286 Å². The van der Waals surface area contributed by atoms with Crippen molar-refractivity contribution in [3.63, 3.8) is 0 Å². The maximum absolute atomic E-state index is 13.3. The highest BCUT2D eigenvalue weighted by atomic mass is 32.2. The molecule has 0 aliphatic carbocycles. The fourth-order valence-electron chi connectivity index (χ4n) is 5.03. The molecular formula is C34H35N4O10S-. The number of benzene rings is 3. The lowest BCUT2D eigenvalue weighted by Gasteiger charge is -2.36. The maximum Gasteiger partial charge on any atom is 0.408 e. The summed E-state index contributed by atoms with van der Waals surface area (Å²) < 4.78 is 13.4. The minimum Gasteiger partial charge on any atom is -0.612 e. The Morgan fingerprint density at radius 3 is 2.53 bits per heavy atom. The van der Waals surface area contributed by atoms with E-state index in [0.29, 0.717) is 42.3 Å². The fraction of sp³-hybridized carbons (Fsp3) is 0.324. The maximum atomic E-state index is 13.3. The largest absolute Gasteiger partial charge is 0.612 e. The molecule has 2 atom stereocenters. The Kier molecular flexibility index (Phi) is 13.0. The minimum atomic E-state index is -2.32. The van der Waals surface area contributed by atoms with E-state index in [1.54, 1.807) is 48.5 Å². The molecule has 1 unspecified atom stereocenters. The zero-order valence-electron chi connectivity index (χ0n) is 26.6. The summed E-state index contributed by atoms with van der Waals surface area (Å²) in [6, 6.07) is 19.0. The van der Waals surface area contributed by atoms with E-state index in [4.69, 9.17) is 14.2 Å². The van der Waals surface area contributed by atoms with Crippen LogP contribution >= 0.6 is 11.9 Å². The van der Waals surface area contributed by atoms with E-state index in [2.05, 4.69) is 10.6 Å². The van der Waals surface area contributed by atoms with Crippen molar-refractivity contribution < 1.29 is 42.7 Å². The van der Waals surface area contributed by atoms with Gasteiger partial charge < -0.3 is 40.4 Å². The molecule has 0 bridgehead atoms. The van der Waals surface area contributed by atoms with Gasteiger partial charge in [0.1, 0.15) is 29.7 Å². The van der Waals surface area contributed by atoms with Crippen molar-refractivity contribution in [1.29, 1.82) is 5.26 Å². The highest BCUT2D eigenvalue weighted by molar-refractivity contribution is 7.94. The van der Waals surface area contributed by atoms with Gasteiger partial charge in [0.05, 0.1) is 49.0 Å². The van der Waals surface area contributed by atoms with Crippen LogP contribution in [0.5, 0.6) is 11.5 Å². The molecule has 0 spiro atoms. The summed E-state index contributed by atoms with van der Waals surface area (Å²) in [6.07, 6.45) is 0.646. The van der Waals surface area contributed by atoms with Crippen LogP contribution in [-0.2, 0) is 32.1 Å². The van der Waals surface area contributed by atoms with Gasteiger partial charge >= 0.3 is 18.0 Å². The van der Waals surface area contributed by atoms with Crippen LogP contribution in [0.4, 0.5) is 4.79 Å². The summed E-state index contributed by atoms with van der Waals surface area (Å²) in [5.74, 6) is -2.30. The van der Waals surface area contributed by atoms with E-state index in [0.717, 1.165) is 5.56 Å². The van der Waals surface area contributed by atoms with Crippen molar-refractivity contribution in [2.75, 3.05) is 20.3 Å². The molecule has 1 heterocycles. The normalized spacial score (nSPS) is 15.5. The first-order valence-electron chi connectivity index (χ1n) is 15.4. The molecule has 15 heteroatoms. The van der Waals surface area contributed by atoms with E-state index in [1.807, 2.05) is 12.1 Å². The lowest BCUT2D eigenvalue weighted by atomic mass is 9.97. The van der Waals surface area contributed by atoms with Crippen LogP contribution < -0.4 is 15.4 Å². The molecular weight excluding hydrogens is 656 g/mol. The molecule has 0 saturated carbocycles. The molecule has 3 aromatic carbocycles. The number of rotatable bonds is 15. The number of phenols is 1. The Hall–Kier alpha value is -5.14. The zero-order chi connectivity index (χ0) is 35.4. The van der Waals surface area contributed by atoms with Gasteiger partial charge in [0.2, 0.25) is 5.91 Å². The molecule has 1 saturated heterocycles. The van der Waals surface area contributed by atoms with Gasteiger partial charge in [-0.05, 0) is 54.2 Å². The first-order valence-corrected chi connectivity index (χ1v) is 16.2. The van der Waals surface area contributed by atoms with Crippen LogP contribution in [0, 0.1) is 21.7 Å². The minimum absolute atomic E-state index is 0.0125. The molecule has 14 nitrogen and oxygen atoms in total. The van der Waals surface area contributed by atoms with E-state index in [1.165, 1.54) is 19.2 Å². The molecule has 0 aromatic heterocycles. The van der Waals surface area contributed by atoms with Crippen molar-refractivity contribution >= 4 is 35.8 Å². The summed E-state index contributed by atoms with van der Waals surface area (Å²) in [5.41, 5.74) is 1.71. The van der Waals surface area contributed by atoms with Gasteiger partial charge in [-0.1, -0.05) is 48.5 Å². The van der Waals surface area contributed by atoms with Crippen molar-refractivity contribution in [2.45, 2.75) is 50.0 Å². The molecule has 4 rings (SSSR count). The number of carbonyl (C=O) groups excluding carboxylic acids is 4. The molecule has 0 radical (unpaired) electrons. The lowest BCUT2D eigenvalue weighted by molar-refractivity contribution is -0.593. The number of hydroxylamine groups is 2. The Balaban J connectivity index is 1.34. The van der Waals surface area contributed by atoms with Gasteiger partial charge in [0.15, 0.2) is 0 Å². The van der Waals surface area contributed by atoms with E-state index in [-0.39, 0.29) is 55.2 Å². The molecule has 3 aromatic rings. The van der Waals surface area contributed by atoms with Crippen LogP contribution in [-0.4, -0.2) is 59.5 Å². The number of nitrogens with one attached hydrogen (secondary N) is 2. The van der Waals surface area contributed by atoms with E-state index in [9.17, 15) is 40.0 Å². The number of ether oxygens (including phenoxy) is 3. The summed E-state index contributed by atoms with van der Waals surface area (Å²) in [5, 5.41) is 48.0. The number of carbonyl (C=O) groups is 4. The SMILES string of the molecule is COC(=O)c1c(O)cccc1OCCCCCNC(=O)[C@H](Cc1ccc(C2CC(=O)[N+]([O-])([O-])S2)c(C#N)c1)NC(=O)OCc1ccccc1. The first kappa shape index (κ1) is 36.7. The number of quaternary nitrogens is 1. The average molecular weight is 692 g/mol. The lowest BCUT2D eigenvalue weighted by Crippen LogP contribution is -2.48. The standard InChI is InChI=1S/C34H35N4O10S/c1-46-33(42)31-27(39)11-8-12-28(31)47-16-7-3-6-15-36-32(41)26(37-34(43)48-21-22-9-4-2-5-10-22)18-23-13-14-25(24(17-23)20-35)29-19-30(40)38(44,45)49-29/h2,4-5,8-14,17,26,29,39H,3,6-7,15-16,18-19,21H2,1H3,(H,36,41)(H,37,43)/q-1/t26-,29?/m0/s1. The predicted octanol–water partition coefficient (Wildman–Crippen LogP) is 4.69. The van der Waals surface area contributed by atoms with Gasteiger partial charge in [-0.2, -0.15) is 5.26 Å². The van der Waals surface area contributed by atoms with Crippen LogP contribution in [0.25, 0.3) is 0 Å². The smallest absolute Gasteiger partial charge is 0.408 e. The van der Waals surface area contributed by atoms with Crippen LogP contribution in [0.3, 0.4) is 0 Å². The third-order valence-corrected chi connectivity index (χ3v) is 8.71. The van der Waals surface area contributed by atoms with Gasteiger partial charge in [-0.25, -0.2) is 14.4 Å². The van der Waals surface area contributed by atoms with E-state index < -0.39 is 39.4 Å². The Bertz CT molecular complexity index is 1700. The van der Waals surface area contributed by atoms with Crippen molar-refractivity contribution in [3.8, 4) is 17.6 Å². The molecule has 1 aliphatic rings. The van der Waals surface area contributed by atoms with Gasteiger partial charge in [0.25, 0.3) is 0 Å². The monoisotopic (exact) mass is 691 g/mol. The first-order chi connectivity index (χ1) is 23.5. The average Bonchev–Trinajstić information content (AvgIpc) is 3.37. The van der Waals surface area contributed by atoms with Crippen molar-refractivity contribution in [3.05, 3.63) is 105 Å². The third-order valence-electron chi connectivity index (χ3n) is 7.55. The summed E-state index contributed by atoms with van der Waals surface area (Å²) in [4.78, 5) is 49.8. The number of hydrogen-bond donors (Lipinski definition) is 3. The second kappa shape index (κ2) is 17.3. The van der Waals surface area contributed by atoms with Crippen molar-refractivity contribution in [2.24, 2.45) is 0 Å². The number of nitrogens with zero attached hydrogens (tertiary/aromatic N) is 2. The number of aromatic hydroxyl groups is 1. The summed E-state index contributed by atoms with van der Waals surface area (Å²) in [6.45, 7) is 0.500. The highest BCUT2D eigenvalue weighted by Crippen LogP contribution is 2.47. The number of nitriles is 1. The Morgan fingerprint density at radius 2 is 1.84 bits per heavy atom. The number of esters is 1. The molecule has 3 amide bonds. The quantitative estimate of drug-likeness (QED) is 0.0652. The number of alkyl carbamates (subject to hydrolysis) is 1. The highest BCUT2D eigenvalue weighted by Gasteiger charge is 2.39. The molecule has 3 N–H and O–H groups in total. The topological polar surface area (TPSA) is 210 Å². The van der Waals surface area contributed by atoms with E-state index >= 15 is 0 Å².